The summed E-state index contributed by atoms with van der Waals surface area (Å²) in [5.74, 6) is 0. The highest BCUT2D eigenvalue weighted by atomic mass is 32.2. The Balaban J connectivity index is 1.93. The average Bonchev–Trinajstić information content (AvgIpc) is 2.64. The molecular weight excluding hydrogens is 400 g/mol. The highest BCUT2D eigenvalue weighted by molar-refractivity contribution is 7.84. The minimum absolute atomic E-state index is 0.0884. The van der Waals surface area contributed by atoms with Crippen molar-refractivity contribution in [2.75, 3.05) is 32.7 Å². The Kier molecular flexibility index (Phi) is 8.42. The Hall–Kier alpha value is -1.51. The number of hydrogen-bond donors (Lipinski definition) is 1. The number of nitrogens with zero attached hydrogens (tertiary/aromatic N) is 3. The van der Waals surface area contributed by atoms with Gasteiger partial charge in [-0.05, 0) is 66.5 Å². The number of aryl methyl sites for hydroxylation is 1. The van der Waals surface area contributed by atoms with Gasteiger partial charge in [0.2, 0.25) is 0 Å². The van der Waals surface area contributed by atoms with E-state index in [9.17, 15) is 9.00 Å². The van der Waals surface area contributed by atoms with Gasteiger partial charge in [-0.15, -0.1) is 0 Å². The number of amides is 1. The second-order valence-corrected chi connectivity index (χ2v) is 11.9. The molecule has 0 saturated carbocycles. The largest absolute Gasteiger partial charge is 0.444 e. The standard InChI is InChI=1S/C22H38N4O3S/c1-17-8-9-18(23-16-17)19(24-30(28)22(5,6)7)10-11-25-12-14-26(15-13-25)20(27)29-21(2,3)4/h8-9,16,19,24H,10-15H2,1-7H3/t19?,30-/m1/s1. The number of carbonyl (C=O) groups is 1. The average molecular weight is 439 g/mol. The van der Waals surface area contributed by atoms with Gasteiger partial charge in [0, 0.05) is 38.9 Å². The maximum atomic E-state index is 12.7. The maximum absolute atomic E-state index is 12.7. The molecule has 2 rings (SSSR count). The molecule has 1 aromatic heterocycles. The number of ether oxygens (including phenoxy) is 1. The monoisotopic (exact) mass is 438 g/mol. The van der Waals surface area contributed by atoms with Gasteiger partial charge in [-0.3, -0.25) is 9.88 Å². The molecule has 1 aliphatic heterocycles. The van der Waals surface area contributed by atoms with E-state index in [1.807, 2.05) is 66.8 Å². The number of hydrogen-bond acceptors (Lipinski definition) is 5. The van der Waals surface area contributed by atoms with Crippen molar-refractivity contribution in [1.29, 1.82) is 0 Å². The summed E-state index contributed by atoms with van der Waals surface area (Å²) in [7, 11) is -1.18. The molecule has 30 heavy (non-hydrogen) atoms. The van der Waals surface area contributed by atoms with Crippen molar-refractivity contribution in [2.24, 2.45) is 0 Å². The summed E-state index contributed by atoms with van der Waals surface area (Å²) in [6, 6.07) is 3.96. The molecule has 2 heterocycles. The van der Waals surface area contributed by atoms with Gasteiger partial charge in [0.15, 0.2) is 0 Å². The second kappa shape index (κ2) is 10.2. The van der Waals surface area contributed by atoms with E-state index in [1.54, 1.807) is 4.90 Å². The van der Waals surface area contributed by atoms with Gasteiger partial charge in [0.05, 0.1) is 27.5 Å². The zero-order valence-corrected chi connectivity index (χ0v) is 20.3. The van der Waals surface area contributed by atoms with Crippen molar-refractivity contribution in [3.05, 3.63) is 29.6 Å². The van der Waals surface area contributed by atoms with Crippen molar-refractivity contribution in [3.8, 4) is 0 Å². The van der Waals surface area contributed by atoms with Crippen LogP contribution in [0.4, 0.5) is 4.79 Å². The summed E-state index contributed by atoms with van der Waals surface area (Å²) in [4.78, 5) is 20.9. The van der Waals surface area contributed by atoms with Gasteiger partial charge >= 0.3 is 6.09 Å². The molecule has 1 aliphatic rings. The van der Waals surface area contributed by atoms with Crippen molar-refractivity contribution in [3.63, 3.8) is 0 Å². The lowest BCUT2D eigenvalue weighted by atomic mass is 10.1. The number of piperazine rings is 1. The van der Waals surface area contributed by atoms with Gasteiger partial charge in [0.25, 0.3) is 0 Å². The highest BCUT2D eigenvalue weighted by Crippen LogP contribution is 2.20. The first-order valence-corrected chi connectivity index (χ1v) is 11.8. The van der Waals surface area contributed by atoms with E-state index >= 15 is 0 Å². The van der Waals surface area contributed by atoms with Crippen LogP contribution >= 0.6 is 0 Å². The van der Waals surface area contributed by atoms with Crippen molar-refractivity contribution in [2.45, 2.75) is 71.3 Å². The SMILES string of the molecule is Cc1ccc(C(CCN2CCN(C(=O)OC(C)(C)C)CC2)N[S@](=O)C(C)(C)C)nc1. The molecule has 1 saturated heterocycles. The fourth-order valence-corrected chi connectivity index (χ4v) is 3.90. The summed E-state index contributed by atoms with van der Waals surface area (Å²) in [6.07, 6.45) is 2.40. The maximum Gasteiger partial charge on any atom is 0.410 e. The summed E-state index contributed by atoms with van der Waals surface area (Å²) in [5, 5.41) is 0. The lowest BCUT2D eigenvalue weighted by Gasteiger charge is -2.36. The van der Waals surface area contributed by atoms with Gasteiger partial charge < -0.3 is 9.64 Å². The zero-order valence-electron chi connectivity index (χ0n) is 19.5. The number of carbonyl (C=O) groups excluding carboxylic acids is 1. The molecule has 1 N–H and O–H groups in total. The molecule has 0 radical (unpaired) electrons. The minimum Gasteiger partial charge on any atom is -0.444 e. The van der Waals surface area contributed by atoms with Crippen LogP contribution in [-0.4, -0.2) is 68.2 Å². The van der Waals surface area contributed by atoms with Crippen LogP contribution in [0, 0.1) is 6.92 Å². The van der Waals surface area contributed by atoms with Crippen LogP contribution in [0.2, 0.25) is 0 Å². The van der Waals surface area contributed by atoms with Crippen molar-refractivity contribution in [1.82, 2.24) is 19.5 Å². The van der Waals surface area contributed by atoms with Crippen molar-refractivity contribution >= 4 is 17.1 Å². The Morgan fingerprint density at radius 1 is 1.17 bits per heavy atom. The van der Waals surface area contributed by atoms with Gasteiger partial charge in [-0.2, -0.15) is 0 Å². The predicted molar refractivity (Wildman–Crippen MR) is 122 cm³/mol. The van der Waals surface area contributed by atoms with E-state index in [-0.39, 0.29) is 16.9 Å². The number of pyridine rings is 1. The number of rotatable bonds is 6. The highest BCUT2D eigenvalue weighted by Gasteiger charge is 2.28. The first-order valence-electron chi connectivity index (χ1n) is 10.7. The van der Waals surface area contributed by atoms with Gasteiger partial charge in [0.1, 0.15) is 5.60 Å². The van der Waals surface area contributed by atoms with Crippen LogP contribution in [-0.2, 0) is 15.7 Å². The van der Waals surface area contributed by atoms with E-state index in [0.29, 0.717) is 13.1 Å². The Bertz CT molecular complexity index is 717. The molecule has 2 atom stereocenters. The zero-order chi connectivity index (χ0) is 22.5. The smallest absolute Gasteiger partial charge is 0.410 e. The molecule has 1 aromatic rings. The van der Waals surface area contributed by atoms with Crippen LogP contribution in [0.15, 0.2) is 18.3 Å². The summed E-state index contributed by atoms with van der Waals surface area (Å²) >= 11 is 0. The molecule has 0 bridgehead atoms. The number of aromatic nitrogens is 1. The summed E-state index contributed by atoms with van der Waals surface area (Å²) < 4.78 is 21.1. The van der Waals surface area contributed by atoms with E-state index in [4.69, 9.17) is 4.74 Å². The summed E-state index contributed by atoms with van der Waals surface area (Å²) in [6.45, 7) is 17.3. The molecule has 1 fully saturated rings. The Morgan fingerprint density at radius 2 is 1.80 bits per heavy atom. The third-order valence-corrected chi connectivity index (χ3v) is 6.47. The Morgan fingerprint density at radius 3 is 2.30 bits per heavy atom. The van der Waals surface area contributed by atoms with E-state index in [2.05, 4.69) is 14.6 Å². The van der Waals surface area contributed by atoms with Crippen LogP contribution in [0.1, 0.15) is 65.3 Å². The molecule has 1 amide bonds. The molecule has 1 unspecified atom stereocenters. The van der Waals surface area contributed by atoms with Crippen LogP contribution < -0.4 is 4.72 Å². The fraction of sp³-hybridized carbons (Fsp3) is 0.727. The topological polar surface area (TPSA) is 74.8 Å². The first kappa shape index (κ1) is 24.8. The third-order valence-electron chi connectivity index (χ3n) is 4.85. The normalized spacial score (nSPS) is 18.2. The molecule has 0 aromatic carbocycles. The van der Waals surface area contributed by atoms with Crippen LogP contribution in [0.5, 0.6) is 0 Å². The second-order valence-electron chi connectivity index (χ2n) is 9.91. The third kappa shape index (κ3) is 7.96. The predicted octanol–water partition coefficient (Wildman–Crippen LogP) is 3.43. The molecule has 8 heteroatoms. The lowest BCUT2D eigenvalue weighted by Crippen LogP contribution is -2.50. The molecule has 0 spiro atoms. The summed E-state index contributed by atoms with van der Waals surface area (Å²) in [5.41, 5.74) is 1.54. The minimum atomic E-state index is -1.18. The van der Waals surface area contributed by atoms with Gasteiger partial charge in [-0.1, -0.05) is 6.07 Å². The molecule has 0 aliphatic carbocycles. The molecule has 7 nitrogen and oxygen atoms in total. The fourth-order valence-electron chi connectivity index (χ4n) is 3.05. The quantitative estimate of drug-likeness (QED) is 0.737. The first-order chi connectivity index (χ1) is 13.8. The Labute approximate surface area is 184 Å². The molecule has 170 valence electrons. The lowest BCUT2D eigenvalue weighted by molar-refractivity contribution is 0.0143. The van der Waals surface area contributed by atoms with E-state index < -0.39 is 16.6 Å². The van der Waals surface area contributed by atoms with E-state index in [1.165, 1.54) is 0 Å². The van der Waals surface area contributed by atoms with Gasteiger partial charge in [-0.25, -0.2) is 13.7 Å². The molecular formula is C22H38N4O3S. The number of nitrogens with one attached hydrogen (secondary N) is 1. The van der Waals surface area contributed by atoms with Crippen LogP contribution in [0.3, 0.4) is 0 Å². The van der Waals surface area contributed by atoms with Crippen LogP contribution in [0.25, 0.3) is 0 Å². The van der Waals surface area contributed by atoms with E-state index in [0.717, 1.165) is 37.3 Å². The van der Waals surface area contributed by atoms with Crippen molar-refractivity contribution < 1.29 is 13.7 Å².